The van der Waals surface area contributed by atoms with E-state index in [0.717, 1.165) is 24.7 Å². The maximum absolute atomic E-state index is 12.3. The Kier molecular flexibility index (Phi) is 8.21. The van der Waals surface area contributed by atoms with Crippen LogP contribution < -0.4 is 15.5 Å². The lowest BCUT2D eigenvalue weighted by molar-refractivity contribution is -0.928. The van der Waals surface area contributed by atoms with Crippen LogP contribution in [-0.4, -0.2) is 36.5 Å². The summed E-state index contributed by atoms with van der Waals surface area (Å²) in [6, 6.07) is 7.64. The van der Waals surface area contributed by atoms with Crippen molar-refractivity contribution in [3.63, 3.8) is 0 Å². The van der Waals surface area contributed by atoms with Crippen LogP contribution >= 0.6 is 24.0 Å². The van der Waals surface area contributed by atoms with Gasteiger partial charge < -0.3 is 15.5 Å². The van der Waals surface area contributed by atoms with Crippen molar-refractivity contribution in [2.24, 2.45) is 0 Å². The minimum atomic E-state index is -2.39. The van der Waals surface area contributed by atoms with Crippen molar-refractivity contribution < 1.29 is 13.7 Å². The van der Waals surface area contributed by atoms with Gasteiger partial charge >= 0.3 is 0 Å². The van der Waals surface area contributed by atoms with Gasteiger partial charge in [-0.05, 0) is 62.7 Å². The maximum Gasteiger partial charge on any atom is 0.288 e. The number of thioether (sulfide) groups is 1. The number of quaternary nitrogens is 1. The van der Waals surface area contributed by atoms with Crippen molar-refractivity contribution in [2.45, 2.75) is 49.3 Å². The molecule has 1 fully saturated rings. The van der Waals surface area contributed by atoms with Crippen LogP contribution in [0.5, 0.6) is 0 Å². The maximum atomic E-state index is 12.3. The molecule has 1 heterocycles. The normalized spacial score (nSPS) is 20.8. The molecule has 3 N–H and O–H groups in total. The molecule has 2 atom stereocenters. The number of halogens is 2. The van der Waals surface area contributed by atoms with Crippen LogP contribution in [-0.2, 0) is 0 Å². The smallest absolute Gasteiger partial charge is 0.288 e. The minimum Gasteiger partial charge on any atom is -0.362 e. The summed E-state index contributed by atoms with van der Waals surface area (Å²) in [5.74, 6) is -2.39. The van der Waals surface area contributed by atoms with E-state index >= 15 is 0 Å². The van der Waals surface area contributed by atoms with Gasteiger partial charge in [-0.1, -0.05) is 11.8 Å². The number of hydrogen-bond donors (Lipinski definition) is 3. The highest BCUT2D eigenvalue weighted by Crippen LogP contribution is 2.26. The Morgan fingerprint density at radius 2 is 2.08 bits per heavy atom. The van der Waals surface area contributed by atoms with Crippen molar-refractivity contribution in [2.75, 3.05) is 25.0 Å². The fraction of sp³-hybridized carbons (Fsp3) is 0.588. The van der Waals surface area contributed by atoms with E-state index in [4.69, 9.17) is 12.2 Å². The molecule has 2 rings (SSSR count). The topological polar surface area (TPSA) is 28.5 Å². The van der Waals surface area contributed by atoms with Crippen molar-refractivity contribution in [3.05, 3.63) is 24.3 Å². The lowest BCUT2D eigenvalue weighted by atomic mass is 10.0. The van der Waals surface area contributed by atoms with Crippen LogP contribution in [0.25, 0.3) is 0 Å². The zero-order valence-electron chi connectivity index (χ0n) is 14.0. The Hall–Kier alpha value is -0.920. The summed E-state index contributed by atoms with van der Waals surface area (Å²) < 4.78 is 24.6. The Balaban J connectivity index is 1.64. The summed E-state index contributed by atoms with van der Waals surface area (Å²) in [4.78, 5) is 2.25. The van der Waals surface area contributed by atoms with E-state index in [1.54, 1.807) is 29.2 Å². The lowest BCUT2D eigenvalue weighted by Gasteiger charge is -2.30. The molecular formula is C17H26F2N3S2+. The van der Waals surface area contributed by atoms with Gasteiger partial charge in [0.1, 0.15) is 0 Å². The second-order valence-electron chi connectivity index (χ2n) is 6.19. The fourth-order valence-electron chi connectivity index (χ4n) is 3.04. The molecule has 24 heavy (non-hydrogen) atoms. The first-order chi connectivity index (χ1) is 11.5. The molecule has 0 aromatic heterocycles. The summed E-state index contributed by atoms with van der Waals surface area (Å²) in [6.07, 6.45) is 5.13. The molecule has 0 aliphatic carbocycles. The standard InChI is InChI=1S/C17H25F2N3S2/c1-13-5-2-3-11-22(13)12-4-10-20-17(23)21-14-6-8-15(9-7-14)24-16(18)19/h6-9,13,16H,2-5,10-12H2,1H3,(H2,20,21,23)/p+1/t13-/m0/s1. The molecule has 1 aromatic carbocycles. The highest BCUT2D eigenvalue weighted by atomic mass is 32.2. The first-order valence-corrected chi connectivity index (χ1v) is 9.77. The van der Waals surface area contributed by atoms with Gasteiger partial charge in [0.15, 0.2) is 5.11 Å². The second kappa shape index (κ2) is 10.2. The van der Waals surface area contributed by atoms with Crippen LogP contribution in [0.15, 0.2) is 29.2 Å². The average Bonchev–Trinajstić information content (AvgIpc) is 2.54. The van der Waals surface area contributed by atoms with E-state index in [1.165, 1.54) is 32.4 Å². The van der Waals surface area contributed by atoms with E-state index in [2.05, 4.69) is 17.6 Å². The van der Waals surface area contributed by atoms with Crippen LogP contribution in [0.2, 0.25) is 0 Å². The van der Waals surface area contributed by atoms with E-state index in [9.17, 15) is 8.78 Å². The number of nitrogens with one attached hydrogen (secondary N) is 3. The molecule has 134 valence electrons. The molecule has 7 heteroatoms. The van der Waals surface area contributed by atoms with E-state index < -0.39 is 5.76 Å². The SMILES string of the molecule is C[C@H]1CCCC[NH+]1CCCNC(=S)Nc1ccc(SC(F)F)cc1. The van der Waals surface area contributed by atoms with Gasteiger partial charge in [-0.2, -0.15) is 8.78 Å². The Morgan fingerprint density at radius 3 is 2.75 bits per heavy atom. The Morgan fingerprint density at radius 1 is 1.33 bits per heavy atom. The number of hydrogen-bond acceptors (Lipinski definition) is 2. The fourth-order valence-corrected chi connectivity index (χ4v) is 3.76. The van der Waals surface area contributed by atoms with Crippen LogP contribution in [0, 0.1) is 0 Å². The first-order valence-electron chi connectivity index (χ1n) is 8.49. The van der Waals surface area contributed by atoms with Crippen molar-refractivity contribution in [1.82, 2.24) is 5.32 Å². The molecule has 0 radical (unpaired) electrons. The molecule has 0 bridgehead atoms. The van der Waals surface area contributed by atoms with Gasteiger partial charge in [-0.3, -0.25) is 0 Å². The number of anilines is 1. The molecule has 1 aliphatic rings. The lowest BCUT2D eigenvalue weighted by Crippen LogP contribution is -3.16. The predicted octanol–water partition coefficient (Wildman–Crippen LogP) is 3.14. The number of piperidine rings is 1. The molecule has 1 aliphatic heterocycles. The molecular weight excluding hydrogens is 348 g/mol. The molecule has 0 saturated carbocycles. The predicted molar refractivity (Wildman–Crippen MR) is 101 cm³/mol. The van der Waals surface area contributed by atoms with E-state index in [0.29, 0.717) is 21.8 Å². The molecule has 0 amide bonds. The number of thiocarbonyl (C=S) groups is 1. The number of alkyl halides is 2. The van der Waals surface area contributed by atoms with Crippen LogP contribution in [0.3, 0.4) is 0 Å². The highest BCUT2D eigenvalue weighted by molar-refractivity contribution is 7.99. The third kappa shape index (κ3) is 6.91. The third-order valence-electron chi connectivity index (χ3n) is 4.38. The minimum absolute atomic E-state index is 0.545. The molecule has 1 aromatic rings. The number of rotatable bonds is 7. The Bertz CT molecular complexity index is 511. The summed E-state index contributed by atoms with van der Waals surface area (Å²) >= 11 is 5.82. The van der Waals surface area contributed by atoms with Crippen LogP contribution in [0.1, 0.15) is 32.6 Å². The van der Waals surface area contributed by atoms with Gasteiger partial charge in [-0.15, -0.1) is 0 Å². The summed E-state index contributed by atoms with van der Waals surface area (Å²) in [7, 11) is 0. The van der Waals surface area contributed by atoms with Gasteiger partial charge in [0, 0.05) is 23.5 Å². The molecule has 1 unspecified atom stereocenters. The van der Waals surface area contributed by atoms with E-state index in [1.807, 2.05) is 0 Å². The van der Waals surface area contributed by atoms with Crippen LogP contribution in [0.4, 0.5) is 14.5 Å². The van der Waals surface area contributed by atoms with Gasteiger partial charge in [0.25, 0.3) is 5.76 Å². The second-order valence-corrected chi connectivity index (χ2v) is 7.66. The summed E-state index contributed by atoms with van der Waals surface area (Å²) in [5.41, 5.74) is 0.807. The van der Waals surface area contributed by atoms with Gasteiger partial charge in [0.2, 0.25) is 0 Å². The monoisotopic (exact) mass is 374 g/mol. The molecule has 1 saturated heterocycles. The van der Waals surface area contributed by atoms with E-state index in [-0.39, 0.29) is 0 Å². The van der Waals surface area contributed by atoms with Crippen molar-refractivity contribution in [1.29, 1.82) is 0 Å². The number of likely N-dealkylation sites (tertiary alicyclic amines) is 1. The first kappa shape index (κ1) is 19.4. The van der Waals surface area contributed by atoms with Gasteiger partial charge in [-0.25, -0.2) is 0 Å². The average molecular weight is 375 g/mol. The van der Waals surface area contributed by atoms with Gasteiger partial charge in [0.05, 0.1) is 19.1 Å². The van der Waals surface area contributed by atoms with Crippen molar-refractivity contribution in [3.8, 4) is 0 Å². The highest BCUT2D eigenvalue weighted by Gasteiger charge is 2.20. The molecule has 0 spiro atoms. The van der Waals surface area contributed by atoms with Crippen molar-refractivity contribution >= 4 is 34.8 Å². The summed E-state index contributed by atoms with van der Waals surface area (Å²) in [6.45, 7) is 5.65. The third-order valence-corrected chi connectivity index (χ3v) is 5.35. The summed E-state index contributed by atoms with van der Waals surface area (Å²) in [5, 5.41) is 6.88. The Labute approximate surface area is 152 Å². The quantitative estimate of drug-likeness (QED) is 0.389. The zero-order chi connectivity index (χ0) is 17.4. The molecule has 3 nitrogen and oxygen atoms in total. The zero-order valence-corrected chi connectivity index (χ0v) is 15.6. The number of benzene rings is 1. The largest absolute Gasteiger partial charge is 0.362 e.